The highest BCUT2D eigenvalue weighted by molar-refractivity contribution is 8.10. The summed E-state index contributed by atoms with van der Waals surface area (Å²) >= 11 is 4.61. The fraction of sp³-hybridized carbons (Fsp3) is 0.667. The molecule has 0 aliphatic carbocycles. The van der Waals surface area contributed by atoms with Gasteiger partial charge in [-0.1, -0.05) is 11.8 Å². The van der Waals surface area contributed by atoms with Gasteiger partial charge in [-0.05, 0) is 6.42 Å². The predicted molar refractivity (Wildman–Crippen MR) is 53.9 cm³/mol. The van der Waals surface area contributed by atoms with Crippen LogP contribution in [0.15, 0.2) is 0 Å². The summed E-state index contributed by atoms with van der Waals surface area (Å²) in [5.74, 6) is -2.29. The van der Waals surface area contributed by atoms with Crippen molar-refractivity contribution in [3.63, 3.8) is 0 Å². The summed E-state index contributed by atoms with van der Waals surface area (Å²) in [5.41, 5.74) is 0. The molecule has 4 N–H and O–H groups in total. The van der Waals surface area contributed by atoms with E-state index in [-0.39, 0.29) is 12.8 Å². The van der Waals surface area contributed by atoms with E-state index in [9.17, 15) is 14.5 Å². The lowest BCUT2D eigenvalue weighted by atomic mass is 10.2. The van der Waals surface area contributed by atoms with E-state index in [1.807, 2.05) is 0 Å². The third-order valence-corrected chi connectivity index (χ3v) is 2.45. The third-order valence-electron chi connectivity index (χ3n) is 1.34. The Balaban J connectivity index is 4.24. The number of carbonyl (C=O) groups is 2. The highest BCUT2D eigenvalue weighted by Gasteiger charge is 2.22. The third kappa shape index (κ3) is 6.97. The zero-order chi connectivity index (χ0) is 11.4. The highest BCUT2D eigenvalue weighted by atomic mass is 32.4. The van der Waals surface area contributed by atoms with E-state index in [0.717, 1.165) is 0 Å². The molecule has 0 fully saturated rings. The van der Waals surface area contributed by atoms with Crippen molar-refractivity contribution in [3.8, 4) is 0 Å². The molecule has 0 bridgehead atoms. The number of nitrogens with one attached hydrogen (secondary N) is 1. The maximum Gasteiger partial charge on any atom is 0.321 e. The molecule has 0 aromatic heterocycles. The van der Waals surface area contributed by atoms with Gasteiger partial charge in [-0.15, -0.1) is 0 Å². The minimum atomic E-state index is -2.83. The molecule has 0 radical (unpaired) electrons. The molecule has 0 spiro atoms. The number of carboxylic acids is 2. The van der Waals surface area contributed by atoms with Gasteiger partial charge in [0.15, 0.2) is 0 Å². The summed E-state index contributed by atoms with van der Waals surface area (Å²) in [7, 11) is 0. The van der Waals surface area contributed by atoms with Crippen molar-refractivity contribution in [2.75, 3.05) is 6.66 Å². The van der Waals surface area contributed by atoms with E-state index in [2.05, 4.69) is 16.9 Å². The Morgan fingerprint density at radius 2 is 2.00 bits per heavy atom. The SMILES string of the molecule is CP(O)(=S)NC(CCC(=O)O)C(=O)O. The molecule has 0 rings (SSSR count). The van der Waals surface area contributed by atoms with Gasteiger partial charge in [-0.3, -0.25) is 14.7 Å². The molecule has 82 valence electrons. The fourth-order valence-electron chi connectivity index (χ4n) is 0.800. The van der Waals surface area contributed by atoms with Crippen molar-refractivity contribution < 1.29 is 24.7 Å². The number of hydrogen-bond donors (Lipinski definition) is 4. The van der Waals surface area contributed by atoms with Gasteiger partial charge in [0.05, 0.1) is 0 Å². The Bertz CT molecular complexity index is 275. The van der Waals surface area contributed by atoms with E-state index in [1.54, 1.807) is 0 Å². The van der Waals surface area contributed by atoms with Gasteiger partial charge in [0.2, 0.25) is 0 Å². The van der Waals surface area contributed by atoms with E-state index >= 15 is 0 Å². The zero-order valence-electron chi connectivity index (χ0n) is 7.51. The Kier molecular flexibility index (Phi) is 5.22. The zero-order valence-corrected chi connectivity index (χ0v) is 9.22. The van der Waals surface area contributed by atoms with E-state index < -0.39 is 24.4 Å². The van der Waals surface area contributed by atoms with Crippen LogP contribution in [0.2, 0.25) is 0 Å². The van der Waals surface area contributed by atoms with E-state index in [4.69, 9.17) is 10.2 Å². The first-order valence-corrected chi connectivity index (χ1v) is 6.95. The van der Waals surface area contributed by atoms with Crippen LogP contribution in [-0.4, -0.2) is 39.8 Å². The normalized spacial score (nSPS) is 17.0. The molecule has 2 atom stereocenters. The summed E-state index contributed by atoms with van der Waals surface area (Å²) in [4.78, 5) is 30.0. The lowest BCUT2D eigenvalue weighted by Gasteiger charge is -2.17. The Morgan fingerprint density at radius 3 is 2.29 bits per heavy atom. The number of aliphatic carboxylic acids is 2. The molecule has 0 aliphatic rings. The minimum absolute atomic E-state index is 0.0997. The smallest absolute Gasteiger partial charge is 0.321 e. The van der Waals surface area contributed by atoms with Gasteiger partial charge in [0, 0.05) is 13.1 Å². The highest BCUT2D eigenvalue weighted by Crippen LogP contribution is 2.31. The molecule has 0 aromatic rings. The molecule has 0 saturated heterocycles. The molecule has 0 aromatic carbocycles. The molecular formula is C6H12NO5PS. The second-order valence-electron chi connectivity index (χ2n) is 2.83. The van der Waals surface area contributed by atoms with Crippen molar-refractivity contribution in [2.45, 2.75) is 18.9 Å². The fourth-order valence-corrected chi connectivity index (χ4v) is 2.00. The lowest BCUT2D eigenvalue weighted by molar-refractivity contribution is -0.140. The first kappa shape index (κ1) is 13.5. The van der Waals surface area contributed by atoms with Crippen LogP contribution in [0, 0.1) is 0 Å². The predicted octanol–water partition coefficient (Wildman–Crippen LogP) is -0.174. The molecule has 0 saturated carbocycles. The van der Waals surface area contributed by atoms with Gasteiger partial charge in [0.1, 0.15) is 12.5 Å². The van der Waals surface area contributed by atoms with Gasteiger partial charge in [0.25, 0.3) is 0 Å². The topological polar surface area (TPSA) is 107 Å². The summed E-state index contributed by atoms with van der Waals surface area (Å²) in [6.07, 6.45) is -3.20. The first-order valence-electron chi connectivity index (χ1n) is 3.75. The van der Waals surface area contributed by atoms with Gasteiger partial charge >= 0.3 is 11.9 Å². The number of carboxylic acid groups (broad SMARTS) is 2. The second kappa shape index (κ2) is 5.41. The maximum absolute atomic E-state index is 10.6. The van der Waals surface area contributed by atoms with E-state index in [0.29, 0.717) is 0 Å². The monoisotopic (exact) mass is 241 g/mol. The molecule has 6 nitrogen and oxygen atoms in total. The maximum atomic E-state index is 10.6. The lowest BCUT2D eigenvalue weighted by Crippen LogP contribution is -2.34. The second-order valence-corrected chi connectivity index (χ2v) is 6.98. The number of rotatable bonds is 6. The van der Waals surface area contributed by atoms with Crippen molar-refractivity contribution in [1.29, 1.82) is 0 Å². The van der Waals surface area contributed by atoms with Crippen LogP contribution >= 0.6 is 6.42 Å². The Hall–Kier alpha value is -0.490. The molecule has 0 amide bonds. The molecule has 0 heterocycles. The van der Waals surface area contributed by atoms with Crippen LogP contribution in [0.3, 0.4) is 0 Å². The summed E-state index contributed by atoms with van der Waals surface area (Å²) in [6, 6.07) is -1.10. The summed E-state index contributed by atoms with van der Waals surface area (Å²) in [6.45, 7) is 1.32. The van der Waals surface area contributed by atoms with Crippen LogP contribution in [0.4, 0.5) is 0 Å². The van der Waals surface area contributed by atoms with Crippen molar-refractivity contribution in [1.82, 2.24) is 5.09 Å². The number of hydrogen-bond acceptors (Lipinski definition) is 3. The minimum Gasteiger partial charge on any atom is -0.481 e. The quantitative estimate of drug-likeness (QED) is 0.478. The van der Waals surface area contributed by atoms with Crippen LogP contribution in [0.1, 0.15) is 12.8 Å². The van der Waals surface area contributed by atoms with Crippen molar-refractivity contribution in [2.24, 2.45) is 0 Å². The summed E-state index contributed by atoms with van der Waals surface area (Å²) in [5, 5.41) is 19.3. The van der Waals surface area contributed by atoms with Crippen LogP contribution in [0.5, 0.6) is 0 Å². The molecule has 14 heavy (non-hydrogen) atoms. The standard InChI is InChI=1S/C6H12NO5PS/c1-13(12,14)7-4(6(10)11)2-3-5(8)9/h4H,2-3H2,1H3,(H,8,9)(H,10,11)(H2,7,12,14). The molecular weight excluding hydrogens is 229 g/mol. The van der Waals surface area contributed by atoms with E-state index in [1.165, 1.54) is 6.66 Å². The molecule has 0 aliphatic heterocycles. The first-order chi connectivity index (χ1) is 6.22. The van der Waals surface area contributed by atoms with Crippen LogP contribution in [0.25, 0.3) is 0 Å². The van der Waals surface area contributed by atoms with Gasteiger partial charge < -0.3 is 15.1 Å². The summed E-state index contributed by atoms with van der Waals surface area (Å²) < 4.78 is 0. The van der Waals surface area contributed by atoms with Gasteiger partial charge in [-0.25, -0.2) is 0 Å². The van der Waals surface area contributed by atoms with Gasteiger partial charge in [-0.2, -0.15) is 0 Å². The molecule has 2 unspecified atom stereocenters. The average Bonchev–Trinajstić information content (AvgIpc) is 1.94. The van der Waals surface area contributed by atoms with Crippen molar-refractivity contribution >= 4 is 30.2 Å². The van der Waals surface area contributed by atoms with Crippen LogP contribution < -0.4 is 5.09 Å². The molecule has 8 heteroatoms. The largest absolute Gasteiger partial charge is 0.481 e. The van der Waals surface area contributed by atoms with Crippen LogP contribution in [-0.2, 0) is 21.4 Å². The average molecular weight is 241 g/mol. The van der Waals surface area contributed by atoms with Crippen molar-refractivity contribution in [3.05, 3.63) is 0 Å². The Morgan fingerprint density at radius 1 is 1.50 bits per heavy atom. The Labute approximate surface area is 86.1 Å².